The predicted octanol–water partition coefficient (Wildman–Crippen LogP) is 2.57. The Morgan fingerprint density at radius 1 is 1.40 bits per heavy atom. The standard InChI is InChI=1S/C10H9BrN2OS/c11-7-4-2-1-3-6(7)9(14)8-5-13-10(12)15-8/h1-5,9,14H,(H2,12,13). The van der Waals surface area contributed by atoms with E-state index in [1.807, 2.05) is 24.3 Å². The van der Waals surface area contributed by atoms with Crippen molar-refractivity contribution in [3.63, 3.8) is 0 Å². The van der Waals surface area contributed by atoms with Gasteiger partial charge in [0.15, 0.2) is 5.13 Å². The minimum absolute atomic E-state index is 0.469. The van der Waals surface area contributed by atoms with Crippen LogP contribution in [0.4, 0.5) is 5.13 Å². The summed E-state index contributed by atoms with van der Waals surface area (Å²) in [7, 11) is 0. The van der Waals surface area contributed by atoms with Gasteiger partial charge in [0, 0.05) is 10.7 Å². The van der Waals surface area contributed by atoms with Crippen molar-refractivity contribution in [3.8, 4) is 0 Å². The first-order chi connectivity index (χ1) is 7.18. The summed E-state index contributed by atoms with van der Waals surface area (Å²) in [5.74, 6) is 0. The Labute approximate surface area is 99.7 Å². The number of rotatable bonds is 2. The van der Waals surface area contributed by atoms with E-state index in [1.165, 1.54) is 11.3 Å². The number of benzene rings is 1. The van der Waals surface area contributed by atoms with Crippen LogP contribution in [0.15, 0.2) is 34.9 Å². The number of nitrogens with zero attached hydrogens (tertiary/aromatic N) is 1. The number of aliphatic hydroxyl groups is 1. The molecule has 0 radical (unpaired) electrons. The van der Waals surface area contributed by atoms with Crippen molar-refractivity contribution in [2.45, 2.75) is 6.10 Å². The smallest absolute Gasteiger partial charge is 0.180 e. The van der Waals surface area contributed by atoms with Gasteiger partial charge in [0.1, 0.15) is 6.10 Å². The fourth-order valence-corrected chi connectivity index (χ4v) is 2.47. The molecule has 2 aromatic rings. The molecule has 0 aliphatic rings. The summed E-state index contributed by atoms with van der Waals surface area (Å²) in [4.78, 5) is 4.66. The molecule has 1 aromatic carbocycles. The van der Waals surface area contributed by atoms with Crippen LogP contribution in [0.2, 0.25) is 0 Å². The molecule has 3 N–H and O–H groups in total. The second kappa shape index (κ2) is 4.30. The monoisotopic (exact) mass is 284 g/mol. The lowest BCUT2D eigenvalue weighted by molar-refractivity contribution is 0.223. The number of halogens is 1. The van der Waals surface area contributed by atoms with E-state index in [2.05, 4.69) is 20.9 Å². The minimum atomic E-state index is -0.671. The molecule has 0 aliphatic carbocycles. The van der Waals surface area contributed by atoms with Crippen LogP contribution in [0.3, 0.4) is 0 Å². The van der Waals surface area contributed by atoms with Crippen LogP contribution in [-0.4, -0.2) is 10.1 Å². The van der Waals surface area contributed by atoms with Crippen LogP contribution in [0.5, 0.6) is 0 Å². The van der Waals surface area contributed by atoms with Crippen molar-refractivity contribution in [2.75, 3.05) is 5.73 Å². The van der Waals surface area contributed by atoms with Crippen LogP contribution in [0, 0.1) is 0 Å². The molecule has 0 bridgehead atoms. The third-order valence-corrected chi connectivity index (χ3v) is 3.61. The van der Waals surface area contributed by atoms with Crippen LogP contribution in [0.25, 0.3) is 0 Å². The first-order valence-electron chi connectivity index (χ1n) is 4.32. The number of anilines is 1. The van der Waals surface area contributed by atoms with Crippen LogP contribution in [0.1, 0.15) is 16.5 Å². The van der Waals surface area contributed by atoms with Gasteiger partial charge in [-0.25, -0.2) is 4.98 Å². The quantitative estimate of drug-likeness (QED) is 0.891. The Balaban J connectivity index is 2.36. The van der Waals surface area contributed by atoms with Gasteiger partial charge >= 0.3 is 0 Å². The highest BCUT2D eigenvalue weighted by molar-refractivity contribution is 9.10. The van der Waals surface area contributed by atoms with Gasteiger partial charge in [-0.05, 0) is 11.6 Å². The number of aromatic nitrogens is 1. The van der Waals surface area contributed by atoms with Crippen LogP contribution >= 0.6 is 27.3 Å². The zero-order valence-electron chi connectivity index (χ0n) is 7.72. The highest BCUT2D eigenvalue weighted by Gasteiger charge is 2.15. The van der Waals surface area contributed by atoms with Gasteiger partial charge in [0.2, 0.25) is 0 Å². The average molecular weight is 285 g/mol. The summed E-state index contributed by atoms with van der Waals surface area (Å²) < 4.78 is 0.879. The van der Waals surface area contributed by atoms with E-state index in [1.54, 1.807) is 6.20 Å². The van der Waals surface area contributed by atoms with Crippen molar-refractivity contribution < 1.29 is 5.11 Å². The molecule has 2 rings (SSSR count). The zero-order chi connectivity index (χ0) is 10.8. The third-order valence-electron chi connectivity index (χ3n) is 2.01. The van der Waals surface area contributed by atoms with Crippen LogP contribution < -0.4 is 5.73 Å². The minimum Gasteiger partial charge on any atom is -0.383 e. The van der Waals surface area contributed by atoms with Gasteiger partial charge < -0.3 is 10.8 Å². The molecule has 15 heavy (non-hydrogen) atoms. The van der Waals surface area contributed by atoms with Gasteiger partial charge in [-0.1, -0.05) is 45.5 Å². The normalized spacial score (nSPS) is 12.7. The maximum atomic E-state index is 10.1. The average Bonchev–Trinajstić information content (AvgIpc) is 2.65. The van der Waals surface area contributed by atoms with Gasteiger partial charge in [-0.2, -0.15) is 0 Å². The van der Waals surface area contributed by atoms with E-state index in [9.17, 15) is 5.11 Å². The van der Waals surface area contributed by atoms with Crippen molar-refractivity contribution in [1.29, 1.82) is 0 Å². The molecular formula is C10H9BrN2OS. The first kappa shape index (κ1) is 10.6. The summed E-state index contributed by atoms with van der Waals surface area (Å²) in [6, 6.07) is 7.54. The fraction of sp³-hybridized carbons (Fsp3) is 0.100. The fourth-order valence-electron chi connectivity index (χ4n) is 1.28. The number of hydrogen-bond acceptors (Lipinski definition) is 4. The third kappa shape index (κ3) is 2.19. The molecule has 3 nitrogen and oxygen atoms in total. The molecule has 5 heteroatoms. The largest absolute Gasteiger partial charge is 0.383 e. The van der Waals surface area contributed by atoms with E-state index in [4.69, 9.17) is 5.73 Å². The molecule has 0 fully saturated rings. The molecular weight excluding hydrogens is 276 g/mol. The number of nitrogens with two attached hydrogens (primary N) is 1. The van der Waals surface area contributed by atoms with E-state index < -0.39 is 6.10 Å². The lowest BCUT2D eigenvalue weighted by Crippen LogP contribution is -1.97. The molecule has 0 saturated heterocycles. The van der Waals surface area contributed by atoms with Crippen molar-refractivity contribution >= 4 is 32.4 Å². The van der Waals surface area contributed by atoms with Crippen molar-refractivity contribution in [3.05, 3.63) is 45.4 Å². The molecule has 1 atom stereocenters. The summed E-state index contributed by atoms with van der Waals surface area (Å²) in [6.45, 7) is 0. The second-order valence-corrected chi connectivity index (χ2v) is 4.97. The SMILES string of the molecule is Nc1ncc(C(O)c2ccccc2Br)s1. The highest BCUT2D eigenvalue weighted by atomic mass is 79.9. The summed E-state index contributed by atoms with van der Waals surface area (Å²) >= 11 is 4.69. The molecule has 0 saturated carbocycles. The van der Waals surface area contributed by atoms with E-state index in [0.717, 1.165) is 14.9 Å². The van der Waals surface area contributed by atoms with Gasteiger partial charge in [-0.15, -0.1) is 0 Å². The first-order valence-corrected chi connectivity index (χ1v) is 5.93. The number of thiazole rings is 1. The van der Waals surface area contributed by atoms with Crippen LogP contribution in [-0.2, 0) is 0 Å². The molecule has 78 valence electrons. The Kier molecular flexibility index (Phi) is 3.04. The Morgan fingerprint density at radius 3 is 2.73 bits per heavy atom. The molecule has 0 spiro atoms. The number of nitrogen functional groups attached to an aromatic ring is 1. The lowest BCUT2D eigenvalue weighted by Gasteiger charge is -2.09. The Morgan fingerprint density at radius 2 is 2.13 bits per heavy atom. The number of hydrogen-bond donors (Lipinski definition) is 2. The maximum Gasteiger partial charge on any atom is 0.180 e. The maximum absolute atomic E-state index is 10.1. The summed E-state index contributed by atoms with van der Waals surface area (Å²) in [5.41, 5.74) is 6.34. The van der Waals surface area contributed by atoms with Crippen molar-refractivity contribution in [1.82, 2.24) is 4.98 Å². The molecule has 0 aliphatic heterocycles. The summed E-state index contributed by atoms with van der Waals surface area (Å²) in [6.07, 6.45) is 0.930. The predicted molar refractivity (Wildman–Crippen MR) is 64.7 cm³/mol. The summed E-state index contributed by atoms with van der Waals surface area (Å²) in [5, 5.41) is 10.5. The highest BCUT2D eigenvalue weighted by Crippen LogP contribution is 2.31. The molecule has 0 amide bonds. The van der Waals surface area contributed by atoms with E-state index in [-0.39, 0.29) is 0 Å². The lowest BCUT2D eigenvalue weighted by atomic mass is 10.1. The van der Waals surface area contributed by atoms with Crippen molar-refractivity contribution in [2.24, 2.45) is 0 Å². The Hall–Kier alpha value is -0.910. The molecule has 1 unspecified atom stereocenters. The number of aliphatic hydroxyl groups excluding tert-OH is 1. The molecule has 1 heterocycles. The topological polar surface area (TPSA) is 59.1 Å². The zero-order valence-corrected chi connectivity index (χ0v) is 10.1. The van der Waals surface area contributed by atoms with Gasteiger partial charge in [0.05, 0.1) is 4.88 Å². The second-order valence-electron chi connectivity index (χ2n) is 3.02. The van der Waals surface area contributed by atoms with Gasteiger partial charge in [0.25, 0.3) is 0 Å². The van der Waals surface area contributed by atoms with E-state index >= 15 is 0 Å². The van der Waals surface area contributed by atoms with Gasteiger partial charge in [-0.3, -0.25) is 0 Å². The Bertz CT molecular complexity index is 472. The molecule has 1 aromatic heterocycles. The van der Waals surface area contributed by atoms with E-state index in [0.29, 0.717) is 5.13 Å².